The maximum atomic E-state index is 13.3. The molecule has 6 heteroatoms. The Morgan fingerprint density at radius 1 is 1.44 bits per heavy atom. The molecule has 1 saturated heterocycles. The second kappa shape index (κ2) is 6.02. The third kappa shape index (κ3) is 2.88. The predicted octanol–water partition coefficient (Wildman–Crippen LogP) is 2.41. The fourth-order valence-corrected chi connectivity index (χ4v) is 4.24. The summed E-state index contributed by atoms with van der Waals surface area (Å²) in [4.78, 5) is 19.7. The van der Waals surface area contributed by atoms with Gasteiger partial charge in [-0.1, -0.05) is 0 Å². The van der Waals surface area contributed by atoms with E-state index in [0.29, 0.717) is 12.3 Å². The van der Waals surface area contributed by atoms with E-state index >= 15 is 0 Å². The van der Waals surface area contributed by atoms with Gasteiger partial charge < -0.3 is 19.2 Å². The first-order valence-electron chi connectivity index (χ1n) is 9.05. The lowest BCUT2D eigenvalue weighted by molar-refractivity contribution is 0.0650. The first kappa shape index (κ1) is 16.4. The van der Waals surface area contributed by atoms with Crippen LogP contribution in [-0.2, 0) is 13.6 Å². The summed E-state index contributed by atoms with van der Waals surface area (Å²) < 4.78 is 7.71. The monoisotopic (exact) mass is 342 g/mol. The van der Waals surface area contributed by atoms with Gasteiger partial charge in [0.25, 0.3) is 5.91 Å². The Labute approximate surface area is 148 Å². The lowest BCUT2D eigenvalue weighted by Gasteiger charge is -2.29. The van der Waals surface area contributed by atoms with E-state index in [4.69, 9.17) is 4.42 Å². The molecule has 2 aliphatic rings. The second-order valence-electron chi connectivity index (χ2n) is 7.59. The average Bonchev–Trinajstić information content (AvgIpc) is 2.91. The molecule has 1 aliphatic carbocycles. The molecule has 134 valence electrons. The van der Waals surface area contributed by atoms with Crippen LogP contribution in [0.5, 0.6) is 0 Å². The number of aromatic nitrogens is 2. The number of hydrogen-bond acceptors (Lipinski definition) is 4. The van der Waals surface area contributed by atoms with Crippen LogP contribution >= 0.6 is 0 Å². The Bertz CT molecular complexity index is 785. The highest BCUT2D eigenvalue weighted by Crippen LogP contribution is 2.56. The summed E-state index contributed by atoms with van der Waals surface area (Å²) in [5.41, 5.74) is 1.19. The van der Waals surface area contributed by atoms with Crippen molar-refractivity contribution in [3.63, 3.8) is 0 Å². The smallest absolute Gasteiger partial charge is 0.290 e. The van der Waals surface area contributed by atoms with Crippen LogP contribution in [0.2, 0.25) is 0 Å². The SMILES string of the molecule is Cc1cc(C)c(C(=O)N(Cc2nccn2C)[C@H]2CC23CCNCC3)o1. The molecule has 1 atom stereocenters. The number of nitrogens with one attached hydrogen (secondary N) is 1. The minimum Gasteiger partial charge on any atom is -0.456 e. The summed E-state index contributed by atoms with van der Waals surface area (Å²) >= 11 is 0. The molecule has 1 amide bonds. The normalized spacial score (nSPS) is 21.5. The maximum Gasteiger partial charge on any atom is 0.290 e. The fraction of sp³-hybridized carbons (Fsp3) is 0.579. The second-order valence-corrected chi connectivity index (χ2v) is 7.59. The van der Waals surface area contributed by atoms with Gasteiger partial charge in [0.1, 0.15) is 11.6 Å². The molecule has 1 N–H and O–H groups in total. The number of nitrogens with zero attached hydrogens (tertiary/aromatic N) is 3. The maximum absolute atomic E-state index is 13.3. The average molecular weight is 342 g/mol. The number of imidazole rings is 1. The zero-order chi connectivity index (χ0) is 17.6. The van der Waals surface area contributed by atoms with E-state index in [1.807, 2.05) is 42.6 Å². The van der Waals surface area contributed by atoms with Crippen LogP contribution in [0.15, 0.2) is 22.9 Å². The van der Waals surface area contributed by atoms with Gasteiger partial charge in [0.15, 0.2) is 5.76 Å². The molecule has 25 heavy (non-hydrogen) atoms. The Hall–Kier alpha value is -2.08. The van der Waals surface area contributed by atoms with Gasteiger partial charge in [-0.05, 0) is 57.7 Å². The molecule has 1 saturated carbocycles. The van der Waals surface area contributed by atoms with Gasteiger partial charge in [0, 0.05) is 31.0 Å². The summed E-state index contributed by atoms with van der Waals surface area (Å²) in [6.45, 7) is 6.44. The molecule has 1 spiro atoms. The number of hydrogen-bond donors (Lipinski definition) is 1. The molecule has 4 rings (SSSR count). The summed E-state index contributed by atoms with van der Waals surface area (Å²) in [6.07, 6.45) is 7.07. The highest BCUT2D eigenvalue weighted by Gasteiger charge is 2.58. The number of carbonyl (C=O) groups is 1. The van der Waals surface area contributed by atoms with Gasteiger partial charge in [0.05, 0.1) is 6.54 Å². The van der Waals surface area contributed by atoms with Crippen LogP contribution in [0.1, 0.15) is 47.0 Å². The van der Waals surface area contributed by atoms with Crippen molar-refractivity contribution < 1.29 is 9.21 Å². The van der Waals surface area contributed by atoms with E-state index in [2.05, 4.69) is 10.3 Å². The van der Waals surface area contributed by atoms with Gasteiger partial charge in [-0.25, -0.2) is 4.98 Å². The number of furan rings is 1. The van der Waals surface area contributed by atoms with Crippen LogP contribution < -0.4 is 5.32 Å². The standard InChI is InChI=1S/C19H26N4O2/c1-13-10-14(2)25-17(13)18(24)23(12-16-21-8-9-22(16)3)15-11-19(15)4-6-20-7-5-19/h8-10,15,20H,4-7,11-12H2,1-3H3/t15-/m0/s1. The van der Waals surface area contributed by atoms with Crippen molar-refractivity contribution in [1.29, 1.82) is 0 Å². The molecule has 2 aromatic heterocycles. The number of aryl methyl sites for hydroxylation is 3. The summed E-state index contributed by atoms with van der Waals surface area (Å²) in [6, 6.07) is 2.21. The molecule has 6 nitrogen and oxygen atoms in total. The van der Waals surface area contributed by atoms with Gasteiger partial charge in [-0.2, -0.15) is 0 Å². The first-order valence-corrected chi connectivity index (χ1v) is 9.05. The predicted molar refractivity (Wildman–Crippen MR) is 94.2 cm³/mol. The molecule has 0 radical (unpaired) electrons. The Morgan fingerprint density at radius 2 is 2.20 bits per heavy atom. The molecule has 0 aromatic carbocycles. The molecular formula is C19H26N4O2. The van der Waals surface area contributed by atoms with Gasteiger partial charge in [-0.3, -0.25) is 4.79 Å². The van der Waals surface area contributed by atoms with E-state index in [-0.39, 0.29) is 17.4 Å². The highest BCUT2D eigenvalue weighted by atomic mass is 16.4. The van der Waals surface area contributed by atoms with Crippen LogP contribution in [0.4, 0.5) is 0 Å². The minimum atomic E-state index is -0.00555. The zero-order valence-electron chi connectivity index (χ0n) is 15.2. The molecule has 1 aliphatic heterocycles. The molecule has 3 heterocycles. The lowest BCUT2D eigenvalue weighted by atomic mass is 9.93. The van der Waals surface area contributed by atoms with Crippen molar-refractivity contribution in [2.45, 2.75) is 45.7 Å². The molecule has 2 fully saturated rings. The van der Waals surface area contributed by atoms with Crippen LogP contribution in [0.25, 0.3) is 0 Å². The fourth-order valence-electron chi connectivity index (χ4n) is 4.24. The van der Waals surface area contributed by atoms with E-state index in [1.54, 1.807) is 6.20 Å². The third-order valence-corrected chi connectivity index (χ3v) is 5.85. The molecule has 0 unspecified atom stereocenters. The van der Waals surface area contributed by atoms with Gasteiger partial charge >= 0.3 is 0 Å². The number of piperidine rings is 1. The van der Waals surface area contributed by atoms with Crippen molar-refractivity contribution in [1.82, 2.24) is 19.8 Å². The van der Waals surface area contributed by atoms with Crippen molar-refractivity contribution >= 4 is 5.91 Å². The van der Waals surface area contributed by atoms with Crippen LogP contribution in [0.3, 0.4) is 0 Å². The largest absolute Gasteiger partial charge is 0.456 e. The van der Waals surface area contributed by atoms with Crippen molar-refractivity contribution in [2.75, 3.05) is 13.1 Å². The summed E-state index contributed by atoms with van der Waals surface area (Å²) in [5, 5.41) is 3.43. The first-order chi connectivity index (χ1) is 12.0. The summed E-state index contributed by atoms with van der Waals surface area (Å²) in [7, 11) is 1.97. The number of rotatable bonds is 4. The summed E-state index contributed by atoms with van der Waals surface area (Å²) in [5.74, 6) is 2.16. The third-order valence-electron chi connectivity index (χ3n) is 5.85. The topological polar surface area (TPSA) is 63.3 Å². The van der Waals surface area contributed by atoms with E-state index in [0.717, 1.165) is 49.5 Å². The Balaban J connectivity index is 1.63. The van der Waals surface area contributed by atoms with Crippen molar-refractivity contribution in [3.05, 3.63) is 41.4 Å². The molecular weight excluding hydrogens is 316 g/mol. The molecule has 2 aromatic rings. The Kier molecular flexibility index (Phi) is 3.95. The quantitative estimate of drug-likeness (QED) is 0.927. The number of carbonyl (C=O) groups excluding carboxylic acids is 1. The highest BCUT2D eigenvalue weighted by molar-refractivity contribution is 5.93. The van der Waals surface area contributed by atoms with E-state index in [1.165, 1.54) is 0 Å². The lowest BCUT2D eigenvalue weighted by Crippen LogP contribution is -2.39. The Morgan fingerprint density at radius 3 is 2.80 bits per heavy atom. The van der Waals surface area contributed by atoms with Gasteiger partial charge in [0.2, 0.25) is 0 Å². The van der Waals surface area contributed by atoms with Crippen molar-refractivity contribution in [2.24, 2.45) is 12.5 Å². The zero-order valence-corrected chi connectivity index (χ0v) is 15.2. The van der Waals surface area contributed by atoms with Crippen molar-refractivity contribution in [3.8, 4) is 0 Å². The van der Waals surface area contributed by atoms with E-state index in [9.17, 15) is 4.79 Å². The van der Waals surface area contributed by atoms with Crippen LogP contribution in [0, 0.1) is 19.3 Å². The molecule has 0 bridgehead atoms. The minimum absolute atomic E-state index is 0.00555. The van der Waals surface area contributed by atoms with E-state index < -0.39 is 0 Å². The van der Waals surface area contributed by atoms with Crippen LogP contribution in [-0.4, -0.2) is 39.5 Å². The van der Waals surface area contributed by atoms with Gasteiger partial charge in [-0.15, -0.1) is 0 Å². The number of amides is 1.